The van der Waals surface area contributed by atoms with Gasteiger partial charge in [0.1, 0.15) is 6.61 Å². The van der Waals surface area contributed by atoms with Crippen LogP contribution in [0.15, 0.2) is 60.7 Å². The van der Waals surface area contributed by atoms with Crippen LogP contribution in [0.3, 0.4) is 0 Å². The summed E-state index contributed by atoms with van der Waals surface area (Å²) in [5.41, 5.74) is 2.84. The molecule has 0 aliphatic heterocycles. The van der Waals surface area contributed by atoms with Gasteiger partial charge in [-0.3, -0.25) is 0 Å². The zero-order chi connectivity index (χ0) is 19.9. The Morgan fingerprint density at radius 2 is 1.32 bits per heavy atom. The van der Waals surface area contributed by atoms with Gasteiger partial charge >= 0.3 is 0 Å². The topological polar surface area (TPSA) is 30.5 Å². The van der Waals surface area contributed by atoms with E-state index in [1.165, 1.54) is 0 Å². The van der Waals surface area contributed by atoms with Crippen LogP contribution in [0, 0.1) is 0 Å². The summed E-state index contributed by atoms with van der Waals surface area (Å²) in [7, 11) is 1.60. The maximum atomic E-state index is 6.46. The van der Waals surface area contributed by atoms with Crippen LogP contribution in [0.1, 0.15) is 16.7 Å². The van der Waals surface area contributed by atoms with Gasteiger partial charge in [0, 0.05) is 39.8 Å². The number of methoxy groups -OCH3 is 1. The summed E-state index contributed by atoms with van der Waals surface area (Å²) >= 11 is 18.8. The van der Waals surface area contributed by atoms with E-state index < -0.39 is 0 Å². The molecule has 0 radical (unpaired) electrons. The summed E-state index contributed by atoms with van der Waals surface area (Å²) in [4.78, 5) is 0. The maximum Gasteiger partial charge on any atom is 0.163 e. The standard InChI is InChI=1S/C22H20Cl3NO2/c1-27-21-10-17(13-26-12-15-6-2-4-8-18(15)23)20(25)11-22(21)28-14-16-7-3-5-9-19(16)24/h2-11,26H,12-14H2,1H3. The van der Waals surface area contributed by atoms with Crippen molar-refractivity contribution in [3.63, 3.8) is 0 Å². The van der Waals surface area contributed by atoms with Crippen molar-refractivity contribution >= 4 is 34.8 Å². The Morgan fingerprint density at radius 1 is 0.714 bits per heavy atom. The van der Waals surface area contributed by atoms with E-state index >= 15 is 0 Å². The van der Waals surface area contributed by atoms with Gasteiger partial charge in [-0.05, 0) is 29.3 Å². The molecular formula is C22H20Cl3NO2. The molecule has 3 aromatic carbocycles. The van der Waals surface area contributed by atoms with E-state index in [1.54, 1.807) is 13.2 Å². The van der Waals surface area contributed by atoms with Crippen molar-refractivity contribution in [3.8, 4) is 11.5 Å². The molecule has 0 aliphatic rings. The van der Waals surface area contributed by atoms with Crippen molar-refractivity contribution in [1.29, 1.82) is 0 Å². The van der Waals surface area contributed by atoms with E-state index in [2.05, 4.69) is 5.32 Å². The summed E-state index contributed by atoms with van der Waals surface area (Å²) in [5, 5.41) is 5.35. The molecule has 3 rings (SSSR count). The lowest BCUT2D eigenvalue weighted by Gasteiger charge is -2.15. The molecule has 0 unspecified atom stereocenters. The van der Waals surface area contributed by atoms with Gasteiger partial charge < -0.3 is 14.8 Å². The van der Waals surface area contributed by atoms with Crippen LogP contribution >= 0.6 is 34.8 Å². The van der Waals surface area contributed by atoms with Gasteiger partial charge in [0.25, 0.3) is 0 Å². The monoisotopic (exact) mass is 435 g/mol. The van der Waals surface area contributed by atoms with Crippen molar-refractivity contribution in [2.24, 2.45) is 0 Å². The predicted molar refractivity (Wildman–Crippen MR) is 116 cm³/mol. The lowest BCUT2D eigenvalue weighted by molar-refractivity contribution is 0.284. The van der Waals surface area contributed by atoms with Gasteiger partial charge in [-0.2, -0.15) is 0 Å². The van der Waals surface area contributed by atoms with Crippen molar-refractivity contribution < 1.29 is 9.47 Å². The van der Waals surface area contributed by atoms with Gasteiger partial charge in [0.15, 0.2) is 11.5 Å². The minimum absolute atomic E-state index is 0.330. The van der Waals surface area contributed by atoms with Crippen molar-refractivity contribution in [2.75, 3.05) is 7.11 Å². The number of ether oxygens (including phenoxy) is 2. The Hall–Kier alpha value is -1.91. The number of rotatable bonds is 8. The predicted octanol–water partition coefficient (Wildman–Crippen LogP) is 6.52. The first-order chi connectivity index (χ1) is 13.6. The average molecular weight is 437 g/mol. The Balaban J connectivity index is 1.67. The number of benzene rings is 3. The first-order valence-electron chi connectivity index (χ1n) is 8.75. The van der Waals surface area contributed by atoms with E-state index in [0.29, 0.717) is 41.2 Å². The zero-order valence-corrected chi connectivity index (χ0v) is 17.6. The molecule has 0 spiro atoms. The van der Waals surface area contributed by atoms with Gasteiger partial charge in [0.2, 0.25) is 0 Å². The van der Waals surface area contributed by atoms with Crippen LogP contribution in [0.5, 0.6) is 11.5 Å². The lowest BCUT2D eigenvalue weighted by atomic mass is 10.1. The van der Waals surface area contributed by atoms with Gasteiger partial charge in [-0.1, -0.05) is 71.2 Å². The number of hydrogen-bond acceptors (Lipinski definition) is 3. The third kappa shape index (κ3) is 5.33. The van der Waals surface area contributed by atoms with Crippen molar-refractivity contribution in [1.82, 2.24) is 5.32 Å². The molecule has 0 aromatic heterocycles. The largest absolute Gasteiger partial charge is 0.493 e. The van der Waals surface area contributed by atoms with Crippen molar-refractivity contribution in [3.05, 3.63) is 92.4 Å². The quantitative estimate of drug-likeness (QED) is 0.436. The fourth-order valence-electron chi connectivity index (χ4n) is 2.73. The molecule has 0 bridgehead atoms. The molecule has 0 atom stereocenters. The second-order valence-corrected chi connectivity index (χ2v) is 7.39. The molecule has 0 saturated heterocycles. The molecule has 28 heavy (non-hydrogen) atoms. The Bertz CT molecular complexity index is 947. The number of hydrogen-bond donors (Lipinski definition) is 1. The minimum Gasteiger partial charge on any atom is -0.493 e. The molecule has 6 heteroatoms. The van der Waals surface area contributed by atoms with E-state index in [0.717, 1.165) is 21.7 Å². The summed E-state index contributed by atoms with van der Waals surface area (Å²) in [5.74, 6) is 1.19. The van der Waals surface area contributed by atoms with Crippen molar-refractivity contribution in [2.45, 2.75) is 19.7 Å². The average Bonchev–Trinajstić information content (AvgIpc) is 2.70. The summed E-state index contributed by atoms with van der Waals surface area (Å²) < 4.78 is 11.4. The third-order valence-electron chi connectivity index (χ3n) is 4.26. The summed E-state index contributed by atoms with van der Waals surface area (Å²) in [6, 6.07) is 18.9. The van der Waals surface area contributed by atoms with Crippen LogP contribution in [-0.2, 0) is 19.7 Å². The third-order valence-corrected chi connectivity index (χ3v) is 5.35. The molecule has 3 nitrogen and oxygen atoms in total. The Morgan fingerprint density at radius 3 is 1.96 bits per heavy atom. The van der Waals surface area contributed by atoms with E-state index in [-0.39, 0.29) is 0 Å². The molecule has 0 heterocycles. The molecular weight excluding hydrogens is 417 g/mol. The van der Waals surface area contributed by atoms with Crippen LogP contribution in [-0.4, -0.2) is 7.11 Å². The maximum absolute atomic E-state index is 6.46. The van der Waals surface area contributed by atoms with Gasteiger partial charge in [-0.25, -0.2) is 0 Å². The molecule has 0 aliphatic carbocycles. The zero-order valence-electron chi connectivity index (χ0n) is 15.3. The van der Waals surface area contributed by atoms with E-state index in [1.807, 2.05) is 54.6 Å². The second kappa shape index (κ2) is 10.0. The van der Waals surface area contributed by atoms with Crippen LogP contribution in [0.25, 0.3) is 0 Å². The van der Waals surface area contributed by atoms with Crippen LogP contribution < -0.4 is 14.8 Å². The second-order valence-electron chi connectivity index (χ2n) is 6.17. The number of nitrogens with one attached hydrogen (secondary N) is 1. The highest BCUT2D eigenvalue weighted by Crippen LogP contribution is 2.34. The highest BCUT2D eigenvalue weighted by atomic mass is 35.5. The van der Waals surface area contributed by atoms with Crippen LogP contribution in [0.2, 0.25) is 15.1 Å². The SMILES string of the molecule is COc1cc(CNCc2ccccc2Cl)c(Cl)cc1OCc1ccccc1Cl. The van der Waals surface area contributed by atoms with E-state index in [4.69, 9.17) is 44.3 Å². The van der Waals surface area contributed by atoms with Crippen LogP contribution in [0.4, 0.5) is 0 Å². The van der Waals surface area contributed by atoms with Gasteiger partial charge in [-0.15, -0.1) is 0 Å². The lowest BCUT2D eigenvalue weighted by Crippen LogP contribution is -2.13. The first kappa shape index (κ1) is 20.8. The molecule has 0 fully saturated rings. The smallest absolute Gasteiger partial charge is 0.163 e. The summed E-state index contributed by atoms with van der Waals surface area (Å²) in [6.07, 6.45) is 0. The number of halogens is 3. The summed E-state index contributed by atoms with van der Waals surface area (Å²) in [6.45, 7) is 1.55. The fraction of sp³-hybridized carbons (Fsp3) is 0.182. The molecule has 0 amide bonds. The molecule has 0 saturated carbocycles. The normalized spacial score (nSPS) is 10.7. The Labute approximate surface area is 180 Å². The minimum atomic E-state index is 0.330. The molecule has 146 valence electrons. The highest BCUT2D eigenvalue weighted by Gasteiger charge is 2.12. The Kier molecular flexibility index (Phi) is 7.46. The molecule has 3 aromatic rings. The molecule has 1 N–H and O–H groups in total. The van der Waals surface area contributed by atoms with E-state index in [9.17, 15) is 0 Å². The first-order valence-corrected chi connectivity index (χ1v) is 9.88. The fourth-order valence-corrected chi connectivity index (χ4v) is 3.34. The highest BCUT2D eigenvalue weighted by molar-refractivity contribution is 6.32. The van der Waals surface area contributed by atoms with Gasteiger partial charge in [0.05, 0.1) is 7.11 Å².